The highest BCUT2D eigenvalue weighted by Gasteiger charge is 2.60. The number of hydrogen-bond acceptors (Lipinski definition) is 4. The molecule has 27 heavy (non-hydrogen) atoms. The van der Waals surface area contributed by atoms with Crippen LogP contribution in [0.25, 0.3) is 0 Å². The normalized spacial score (nSPS) is 33.9. The van der Waals surface area contributed by atoms with Crippen molar-refractivity contribution in [2.45, 2.75) is 64.5 Å². The van der Waals surface area contributed by atoms with E-state index in [0.29, 0.717) is 30.4 Å². The third-order valence-corrected chi connectivity index (χ3v) is 6.98. The maximum absolute atomic E-state index is 12.9. The Kier molecular flexibility index (Phi) is 4.34. The predicted molar refractivity (Wildman–Crippen MR) is 101 cm³/mol. The molecule has 0 spiro atoms. The summed E-state index contributed by atoms with van der Waals surface area (Å²) in [6.07, 6.45) is 6.63. The van der Waals surface area contributed by atoms with E-state index in [0.717, 1.165) is 43.5 Å². The number of carbonyl (C=O) groups excluding carboxylic acids is 2. The van der Waals surface area contributed by atoms with E-state index in [1.807, 2.05) is 24.5 Å². The highest BCUT2D eigenvalue weighted by molar-refractivity contribution is 5.99. The Morgan fingerprint density at radius 3 is 2.56 bits per heavy atom. The van der Waals surface area contributed by atoms with Crippen LogP contribution in [0.5, 0.6) is 0 Å². The molecule has 0 amide bonds. The van der Waals surface area contributed by atoms with Gasteiger partial charge >= 0.3 is 5.97 Å². The first-order valence-corrected chi connectivity index (χ1v) is 9.96. The zero-order chi connectivity index (χ0) is 19.4. The molecule has 0 aromatic carbocycles. The molecule has 146 valence electrons. The molecule has 4 aliphatic rings. The molecule has 5 nitrogen and oxygen atoms in total. The minimum Gasteiger partial charge on any atom is -0.457 e. The number of esters is 1. The second-order valence-corrected chi connectivity index (χ2v) is 9.15. The molecule has 4 aliphatic carbocycles. The number of aryl methyl sites for hydroxylation is 1. The topological polar surface area (TPSA) is 68.5 Å². The molecule has 4 fully saturated rings. The van der Waals surface area contributed by atoms with Crippen molar-refractivity contribution >= 4 is 11.8 Å². The fourth-order valence-corrected chi connectivity index (χ4v) is 6.31. The van der Waals surface area contributed by atoms with Crippen LogP contribution in [0.15, 0.2) is 18.7 Å². The fraction of sp³-hybridized carbons (Fsp3) is 0.636. The third-order valence-electron chi connectivity index (χ3n) is 6.98. The summed E-state index contributed by atoms with van der Waals surface area (Å²) in [5.74, 6) is 0.369. The zero-order valence-corrected chi connectivity index (χ0v) is 16.3. The molecule has 1 aromatic heterocycles. The van der Waals surface area contributed by atoms with Gasteiger partial charge in [-0.3, -0.25) is 9.59 Å². The van der Waals surface area contributed by atoms with Gasteiger partial charge in [0, 0.05) is 23.5 Å². The molecule has 1 aromatic rings. The van der Waals surface area contributed by atoms with Crippen LogP contribution in [0.2, 0.25) is 0 Å². The number of rotatable bonds is 6. The summed E-state index contributed by atoms with van der Waals surface area (Å²) in [4.78, 5) is 25.6. The average molecular weight is 371 g/mol. The van der Waals surface area contributed by atoms with Crippen molar-refractivity contribution in [3.8, 4) is 0 Å². The van der Waals surface area contributed by atoms with Gasteiger partial charge in [0.1, 0.15) is 0 Å². The van der Waals surface area contributed by atoms with Crippen molar-refractivity contribution in [3.63, 3.8) is 0 Å². The smallest absolute Gasteiger partial charge is 0.312 e. The molecule has 0 saturated heterocycles. The van der Waals surface area contributed by atoms with Crippen LogP contribution in [-0.4, -0.2) is 33.6 Å². The summed E-state index contributed by atoms with van der Waals surface area (Å²) < 4.78 is 7.55. The molecule has 0 unspecified atom stereocenters. The van der Waals surface area contributed by atoms with Crippen LogP contribution in [0, 0.1) is 31.1 Å². The van der Waals surface area contributed by atoms with Gasteiger partial charge in [-0.1, -0.05) is 6.08 Å². The number of aliphatic hydroxyl groups is 1. The van der Waals surface area contributed by atoms with Gasteiger partial charge in [-0.2, -0.15) is 0 Å². The first-order chi connectivity index (χ1) is 12.8. The number of nitrogens with zero attached hydrogens (tertiary/aromatic N) is 1. The van der Waals surface area contributed by atoms with Crippen molar-refractivity contribution in [3.05, 3.63) is 35.7 Å². The van der Waals surface area contributed by atoms with Crippen LogP contribution >= 0.6 is 0 Å². The Morgan fingerprint density at radius 1 is 1.30 bits per heavy atom. The zero-order valence-electron chi connectivity index (χ0n) is 16.3. The van der Waals surface area contributed by atoms with E-state index < -0.39 is 11.0 Å². The van der Waals surface area contributed by atoms with E-state index in [-0.39, 0.29) is 18.4 Å². The minimum atomic E-state index is -0.706. The SMILES string of the molecule is C=CCn1c(C)cc(C(=O)COC(=O)C23C[C@H]4C[C@@H](CC(O)(C4)C2)C3)c1C. The lowest BCUT2D eigenvalue weighted by Crippen LogP contribution is -2.58. The number of hydrogen-bond donors (Lipinski definition) is 1. The molecular weight excluding hydrogens is 342 g/mol. The van der Waals surface area contributed by atoms with E-state index in [9.17, 15) is 14.7 Å². The van der Waals surface area contributed by atoms with Crippen LogP contribution in [0.1, 0.15) is 60.3 Å². The number of allylic oxidation sites excluding steroid dienone is 1. The van der Waals surface area contributed by atoms with Crippen LogP contribution < -0.4 is 0 Å². The lowest BCUT2D eigenvalue weighted by atomic mass is 9.48. The van der Waals surface area contributed by atoms with E-state index >= 15 is 0 Å². The minimum absolute atomic E-state index is 0.171. The summed E-state index contributed by atoms with van der Waals surface area (Å²) in [6.45, 7) is 8.03. The molecule has 5 heteroatoms. The monoisotopic (exact) mass is 371 g/mol. The first kappa shape index (κ1) is 18.5. The second kappa shape index (κ2) is 6.33. The molecule has 1 heterocycles. The summed E-state index contributed by atoms with van der Waals surface area (Å²) in [7, 11) is 0. The Hall–Kier alpha value is -1.88. The number of aromatic nitrogens is 1. The average Bonchev–Trinajstić information content (AvgIpc) is 2.86. The molecule has 1 N–H and O–H groups in total. The maximum atomic E-state index is 12.9. The van der Waals surface area contributed by atoms with Crippen molar-refractivity contribution in [1.29, 1.82) is 0 Å². The molecule has 4 bridgehead atoms. The lowest BCUT2D eigenvalue weighted by molar-refractivity contribution is -0.195. The quantitative estimate of drug-likeness (QED) is 0.473. The van der Waals surface area contributed by atoms with Crippen LogP contribution in [0.4, 0.5) is 0 Å². The van der Waals surface area contributed by atoms with Gasteiger partial charge in [-0.15, -0.1) is 6.58 Å². The van der Waals surface area contributed by atoms with E-state index in [4.69, 9.17) is 4.74 Å². The van der Waals surface area contributed by atoms with E-state index in [2.05, 4.69) is 6.58 Å². The molecular formula is C22H29NO4. The number of Topliss-reactive ketones (excluding diaryl/α,β-unsaturated/α-hetero) is 1. The lowest BCUT2D eigenvalue weighted by Gasteiger charge is -2.58. The molecule has 0 aliphatic heterocycles. The molecule has 4 saturated carbocycles. The van der Waals surface area contributed by atoms with Gasteiger partial charge in [0.15, 0.2) is 6.61 Å². The summed E-state index contributed by atoms with van der Waals surface area (Å²) in [5, 5.41) is 10.8. The largest absolute Gasteiger partial charge is 0.457 e. The van der Waals surface area contributed by atoms with E-state index in [1.165, 1.54) is 0 Å². The van der Waals surface area contributed by atoms with Crippen molar-refractivity contribution < 1.29 is 19.4 Å². The van der Waals surface area contributed by atoms with Gasteiger partial charge < -0.3 is 14.4 Å². The summed E-state index contributed by atoms with van der Waals surface area (Å²) in [5.41, 5.74) is 1.18. The Balaban J connectivity index is 1.45. The number of carbonyl (C=O) groups is 2. The number of ketones is 1. The molecule has 2 atom stereocenters. The van der Waals surface area contributed by atoms with Gasteiger partial charge in [-0.05, 0) is 70.3 Å². The maximum Gasteiger partial charge on any atom is 0.312 e. The van der Waals surface area contributed by atoms with Gasteiger partial charge in [0.25, 0.3) is 0 Å². The van der Waals surface area contributed by atoms with Gasteiger partial charge in [-0.25, -0.2) is 0 Å². The van der Waals surface area contributed by atoms with Gasteiger partial charge in [0.2, 0.25) is 5.78 Å². The third kappa shape index (κ3) is 3.06. The van der Waals surface area contributed by atoms with Crippen LogP contribution in [-0.2, 0) is 16.1 Å². The summed E-state index contributed by atoms with van der Waals surface area (Å²) in [6, 6.07) is 1.85. The van der Waals surface area contributed by atoms with Gasteiger partial charge in [0.05, 0.1) is 11.0 Å². The van der Waals surface area contributed by atoms with Crippen LogP contribution in [0.3, 0.4) is 0 Å². The first-order valence-electron chi connectivity index (χ1n) is 9.96. The standard InChI is InChI=1S/C22H29NO4/c1-4-5-23-14(2)6-18(15(23)3)19(24)12-27-20(25)21-8-16-7-17(9-21)11-22(26,10-16)13-21/h4,6,16-17,26H,1,5,7-13H2,2-3H3/t16-,17-,21?,22?/m1/s1. The predicted octanol–water partition coefficient (Wildman–Crippen LogP) is 3.35. The Labute approximate surface area is 160 Å². The van der Waals surface area contributed by atoms with E-state index in [1.54, 1.807) is 6.08 Å². The molecule has 0 radical (unpaired) electrons. The Morgan fingerprint density at radius 2 is 1.96 bits per heavy atom. The van der Waals surface area contributed by atoms with Crippen molar-refractivity contribution in [2.75, 3.05) is 6.61 Å². The summed E-state index contributed by atoms with van der Waals surface area (Å²) >= 11 is 0. The van der Waals surface area contributed by atoms with Crippen molar-refractivity contribution in [2.24, 2.45) is 17.3 Å². The molecule has 5 rings (SSSR count). The number of ether oxygens (including phenoxy) is 1. The highest BCUT2D eigenvalue weighted by atomic mass is 16.5. The highest BCUT2D eigenvalue weighted by Crippen LogP contribution is 2.61. The fourth-order valence-electron chi connectivity index (χ4n) is 6.31. The Bertz CT molecular complexity index is 791. The second-order valence-electron chi connectivity index (χ2n) is 9.15. The van der Waals surface area contributed by atoms with Crippen molar-refractivity contribution in [1.82, 2.24) is 4.57 Å².